The van der Waals surface area contributed by atoms with Crippen LogP contribution in [-0.4, -0.2) is 32.4 Å². The Kier molecular flexibility index (Phi) is 4.37. The van der Waals surface area contributed by atoms with Gasteiger partial charge in [-0.25, -0.2) is 0 Å². The van der Waals surface area contributed by atoms with E-state index in [1.165, 1.54) is 11.3 Å². The van der Waals surface area contributed by atoms with Crippen LogP contribution in [0, 0.1) is 0 Å². The zero-order valence-corrected chi connectivity index (χ0v) is 13.2. The van der Waals surface area contributed by atoms with Crippen molar-refractivity contribution in [1.82, 2.24) is 19.8 Å². The molecule has 2 rings (SSSR count). The molecule has 7 heteroatoms. The Morgan fingerprint density at radius 2 is 1.95 bits per heavy atom. The predicted molar refractivity (Wildman–Crippen MR) is 76.9 cm³/mol. The summed E-state index contributed by atoms with van der Waals surface area (Å²) in [6.07, 6.45) is 2.08. The minimum atomic E-state index is -0.674. The number of hydrogen-bond donors (Lipinski definition) is 0. The summed E-state index contributed by atoms with van der Waals surface area (Å²) in [4.78, 5) is 13.1. The lowest BCUT2D eigenvalue weighted by Crippen LogP contribution is -2.36. The number of rotatable bonds is 6. The smallest absolute Gasteiger partial charge is 0.319 e. The Morgan fingerprint density at radius 3 is 2.50 bits per heavy atom. The minimum absolute atomic E-state index is 0.201. The molecule has 0 saturated heterocycles. The van der Waals surface area contributed by atoms with Crippen molar-refractivity contribution in [3.8, 4) is 0 Å². The number of carbonyl (C=O) groups is 1. The van der Waals surface area contributed by atoms with Crippen LogP contribution in [0.1, 0.15) is 51.4 Å². The van der Waals surface area contributed by atoms with Gasteiger partial charge in [-0.1, -0.05) is 32.1 Å². The molecule has 2 aromatic heterocycles. The van der Waals surface area contributed by atoms with Crippen LogP contribution >= 0.6 is 11.3 Å². The largest absolute Gasteiger partial charge is 0.465 e. The van der Waals surface area contributed by atoms with E-state index in [0.717, 1.165) is 22.2 Å². The molecule has 0 spiro atoms. The standard InChI is InChI=1S/C13H20N4O2S/c1-5-9-14-15-12-17(9)16-10(20-12)13(6-2,7-3)11(18)19-8-4/h5-8H2,1-4H3. The highest BCUT2D eigenvalue weighted by atomic mass is 32.1. The molecule has 0 saturated carbocycles. The predicted octanol–water partition coefficient (Wildman–Crippen LogP) is 2.37. The van der Waals surface area contributed by atoms with Gasteiger partial charge >= 0.3 is 5.97 Å². The molecule has 0 atom stereocenters. The summed E-state index contributed by atoms with van der Waals surface area (Å²) >= 11 is 1.42. The number of esters is 1. The monoisotopic (exact) mass is 296 g/mol. The molecule has 2 heterocycles. The zero-order chi connectivity index (χ0) is 14.8. The van der Waals surface area contributed by atoms with E-state index in [0.29, 0.717) is 19.4 Å². The summed E-state index contributed by atoms with van der Waals surface area (Å²) in [6.45, 7) is 8.19. The first-order chi connectivity index (χ1) is 9.62. The number of aryl methyl sites for hydroxylation is 1. The fraction of sp³-hybridized carbons (Fsp3) is 0.692. The first-order valence-corrected chi connectivity index (χ1v) is 7.83. The van der Waals surface area contributed by atoms with E-state index < -0.39 is 5.41 Å². The van der Waals surface area contributed by atoms with Gasteiger partial charge in [-0.05, 0) is 19.8 Å². The van der Waals surface area contributed by atoms with Crippen molar-refractivity contribution >= 4 is 22.3 Å². The molecule has 110 valence electrons. The molecule has 0 bridgehead atoms. The maximum atomic E-state index is 12.4. The molecule has 0 aromatic carbocycles. The lowest BCUT2D eigenvalue weighted by molar-refractivity contribution is -0.150. The second-order valence-electron chi connectivity index (χ2n) is 4.58. The average Bonchev–Trinajstić information content (AvgIpc) is 3.01. The number of fused-ring (bicyclic) bond motifs is 1. The van der Waals surface area contributed by atoms with Crippen LogP contribution in [0.4, 0.5) is 0 Å². The van der Waals surface area contributed by atoms with Crippen LogP contribution in [0.2, 0.25) is 0 Å². The Hall–Kier alpha value is -1.50. The van der Waals surface area contributed by atoms with Crippen LogP contribution in [0.3, 0.4) is 0 Å². The normalized spacial score (nSPS) is 12.0. The quantitative estimate of drug-likeness (QED) is 0.765. The lowest BCUT2D eigenvalue weighted by atomic mass is 9.83. The highest BCUT2D eigenvalue weighted by Crippen LogP contribution is 2.36. The molecule has 0 fully saturated rings. The van der Waals surface area contributed by atoms with E-state index in [2.05, 4.69) is 15.3 Å². The molecule has 0 aliphatic rings. The molecule has 0 radical (unpaired) electrons. The highest BCUT2D eigenvalue weighted by Gasteiger charge is 2.42. The Morgan fingerprint density at radius 1 is 1.25 bits per heavy atom. The topological polar surface area (TPSA) is 69.4 Å². The summed E-state index contributed by atoms with van der Waals surface area (Å²) in [7, 11) is 0. The van der Waals surface area contributed by atoms with Crippen LogP contribution < -0.4 is 0 Å². The van der Waals surface area contributed by atoms with Crippen molar-refractivity contribution in [2.45, 2.75) is 52.4 Å². The third-order valence-corrected chi connectivity index (χ3v) is 4.76. The van der Waals surface area contributed by atoms with Crippen molar-refractivity contribution in [2.24, 2.45) is 0 Å². The molecule has 20 heavy (non-hydrogen) atoms. The van der Waals surface area contributed by atoms with Crippen LogP contribution in [0.15, 0.2) is 0 Å². The molecule has 2 aromatic rings. The van der Waals surface area contributed by atoms with Gasteiger partial charge in [0.2, 0.25) is 4.96 Å². The number of hydrogen-bond acceptors (Lipinski definition) is 6. The maximum Gasteiger partial charge on any atom is 0.319 e. The van der Waals surface area contributed by atoms with Crippen molar-refractivity contribution in [1.29, 1.82) is 0 Å². The van der Waals surface area contributed by atoms with Gasteiger partial charge in [0.1, 0.15) is 10.4 Å². The third kappa shape index (κ3) is 2.19. The Bertz CT molecular complexity index is 601. The molecule has 0 aliphatic carbocycles. The molecule has 0 unspecified atom stereocenters. The zero-order valence-electron chi connectivity index (χ0n) is 12.3. The highest BCUT2D eigenvalue weighted by molar-refractivity contribution is 7.16. The Labute approximate surface area is 122 Å². The van der Waals surface area contributed by atoms with Gasteiger partial charge < -0.3 is 4.74 Å². The van der Waals surface area contributed by atoms with Crippen LogP contribution in [0.25, 0.3) is 4.96 Å². The first-order valence-electron chi connectivity index (χ1n) is 7.01. The van der Waals surface area contributed by atoms with E-state index in [9.17, 15) is 4.79 Å². The maximum absolute atomic E-state index is 12.4. The van der Waals surface area contributed by atoms with Gasteiger partial charge in [-0.15, -0.1) is 10.2 Å². The Balaban J connectivity index is 2.51. The van der Waals surface area contributed by atoms with E-state index in [1.807, 2.05) is 27.7 Å². The number of nitrogens with zero attached hydrogens (tertiary/aromatic N) is 4. The van der Waals surface area contributed by atoms with E-state index in [4.69, 9.17) is 4.74 Å². The van der Waals surface area contributed by atoms with E-state index >= 15 is 0 Å². The summed E-state index contributed by atoms with van der Waals surface area (Å²) in [6, 6.07) is 0. The van der Waals surface area contributed by atoms with Gasteiger partial charge in [-0.2, -0.15) is 9.61 Å². The molecule has 0 aliphatic heterocycles. The van der Waals surface area contributed by atoms with E-state index in [1.54, 1.807) is 4.52 Å². The summed E-state index contributed by atoms with van der Waals surface area (Å²) in [5.41, 5.74) is -0.674. The SMILES string of the molecule is CCOC(=O)C(CC)(CC)c1nn2c(CC)nnc2s1. The van der Waals surface area contributed by atoms with Gasteiger partial charge in [0.15, 0.2) is 5.82 Å². The number of ether oxygens (including phenoxy) is 1. The lowest BCUT2D eigenvalue weighted by Gasteiger charge is -2.26. The van der Waals surface area contributed by atoms with E-state index in [-0.39, 0.29) is 5.97 Å². The molecule has 0 N–H and O–H groups in total. The molecule has 6 nitrogen and oxygen atoms in total. The molecule has 0 amide bonds. The third-order valence-electron chi connectivity index (χ3n) is 3.65. The molecular weight excluding hydrogens is 276 g/mol. The molecular formula is C13H20N4O2S. The second kappa shape index (κ2) is 5.87. The van der Waals surface area contributed by atoms with Crippen LogP contribution in [0.5, 0.6) is 0 Å². The van der Waals surface area contributed by atoms with Gasteiger partial charge in [-0.3, -0.25) is 4.79 Å². The van der Waals surface area contributed by atoms with Crippen molar-refractivity contribution in [2.75, 3.05) is 6.61 Å². The van der Waals surface area contributed by atoms with Gasteiger partial charge in [0, 0.05) is 6.42 Å². The fourth-order valence-electron chi connectivity index (χ4n) is 2.27. The number of aromatic nitrogens is 4. The summed E-state index contributed by atoms with van der Waals surface area (Å²) < 4.78 is 6.99. The van der Waals surface area contributed by atoms with Crippen LogP contribution in [-0.2, 0) is 21.4 Å². The van der Waals surface area contributed by atoms with Gasteiger partial charge in [0.25, 0.3) is 0 Å². The van der Waals surface area contributed by atoms with Crippen molar-refractivity contribution in [3.05, 3.63) is 10.8 Å². The summed E-state index contributed by atoms with van der Waals surface area (Å²) in [5.74, 6) is 0.612. The first kappa shape index (κ1) is 14.9. The van der Waals surface area contributed by atoms with Gasteiger partial charge in [0.05, 0.1) is 6.61 Å². The average molecular weight is 296 g/mol. The van der Waals surface area contributed by atoms with Crippen molar-refractivity contribution in [3.63, 3.8) is 0 Å². The summed E-state index contributed by atoms with van der Waals surface area (Å²) in [5, 5.41) is 13.5. The number of carbonyl (C=O) groups excluding carboxylic acids is 1. The van der Waals surface area contributed by atoms with Crippen molar-refractivity contribution < 1.29 is 9.53 Å². The minimum Gasteiger partial charge on any atom is -0.465 e. The fourth-order valence-corrected chi connectivity index (χ4v) is 3.45. The second-order valence-corrected chi connectivity index (χ2v) is 5.54.